The van der Waals surface area contributed by atoms with Crippen LogP contribution in [-0.2, 0) is 14.3 Å². The van der Waals surface area contributed by atoms with Gasteiger partial charge in [-0.2, -0.15) is 0 Å². The van der Waals surface area contributed by atoms with Gasteiger partial charge in [0.25, 0.3) is 5.78 Å². The Labute approximate surface area is 248 Å². The standard InChI is InChI=1S/C31H34N2O8S/c1-6-8-9-15-41-22-14-13-19(17-23(22)38-4)25-24(26(34)20-11-10-12-21(16-20)40-7-2)27(35)29(36)33(25)31-32-18(3)28(42-31)30(37)39-5/h10-14,16-17,25,34H,6-9,15H2,1-5H3/b26-24+. The van der Waals surface area contributed by atoms with Crippen LogP contribution >= 0.6 is 11.3 Å². The zero-order valence-corrected chi connectivity index (χ0v) is 25.1. The van der Waals surface area contributed by atoms with E-state index in [1.165, 1.54) is 19.1 Å². The van der Waals surface area contributed by atoms with Crippen LogP contribution in [0.3, 0.4) is 0 Å². The Kier molecular flexibility index (Phi) is 9.84. The third-order valence-electron chi connectivity index (χ3n) is 6.73. The lowest BCUT2D eigenvalue weighted by Gasteiger charge is -2.24. The fourth-order valence-corrected chi connectivity index (χ4v) is 5.69. The number of unbranched alkanes of at least 4 members (excludes halogenated alkanes) is 2. The average molecular weight is 595 g/mol. The molecule has 1 N–H and O–H groups in total. The minimum atomic E-state index is -1.08. The molecule has 1 aliphatic heterocycles. The van der Waals surface area contributed by atoms with Crippen molar-refractivity contribution in [3.05, 3.63) is 69.7 Å². The predicted octanol–water partition coefficient (Wildman–Crippen LogP) is 5.84. The van der Waals surface area contributed by atoms with Gasteiger partial charge in [0, 0.05) is 5.56 Å². The summed E-state index contributed by atoms with van der Waals surface area (Å²) in [6.07, 6.45) is 2.97. The Balaban J connectivity index is 1.88. The first-order chi connectivity index (χ1) is 20.2. The van der Waals surface area contributed by atoms with Crippen LogP contribution in [0.1, 0.15) is 65.6 Å². The van der Waals surface area contributed by atoms with Gasteiger partial charge in [0.05, 0.1) is 44.7 Å². The van der Waals surface area contributed by atoms with Gasteiger partial charge >= 0.3 is 11.9 Å². The van der Waals surface area contributed by atoms with Crippen molar-refractivity contribution in [3.8, 4) is 17.2 Å². The highest BCUT2D eigenvalue weighted by molar-refractivity contribution is 7.17. The zero-order valence-electron chi connectivity index (χ0n) is 24.3. The number of ether oxygens (including phenoxy) is 4. The maximum atomic E-state index is 13.6. The maximum Gasteiger partial charge on any atom is 0.350 e. The molecule has 1 aromatic heterocycles. The number of carbonyl (C=O) groups is 3. The molecule has 0 spiro atoms. The quantitative estimate of drug-likeness (QED) is 0.0905. The van der Waals surface area contributed by atoms with Crippen molar-refractivity contribution in [1.82, 2.24) is 4.98 Å². The number of aryl methyl sites for hydroxylation is 1. The van der Waals surface area contributed by atoms with E-state index in [0.717, 1.165) is 30.6 Å². The lowest BCUT2D eigenvalue weighted by molar-refractivity contribution is -0.132. The van der Waals surface area contributed by atoms with E-state index in [1.807, 2.05) is 6.92 Å². The number of nitrogens with zero attached hydrogens (tertiary/aromatic N) is 2. The number of rotatable bonds is 12. The molecule has 3 aromatic rings. The molecule has 1 fully saturated rings. The van der Waals surface area contributed by atoms with Gasteiger partial charge < -0.3 is 24.1 Å². The summed E-state index contributed by atoms with van der Waals surface area (Å²) < 4.78 is 22.0. The zero-order chi connectivity index (χ0) is 30.4. The first kappa shape index (κ1) is 30.6. The number of methoxy groups -OCH3 is 2. The molecule has 0 aliphatic carbocycles. The van der Waals surface area contributed by atoms with Gasteiger partial charge in [-0.05, 0) is 50.1 Å². The van der Waals surface area contributed by atoms with Gasteiger partial charge in [-0.1, -0.05) is 49.3 Å². The average Bonchev–Trinajstić information content (AvgIpc) is 3.50. The van der Waals surface area contributed by atoms with Crippen LogP contribution in [0.15, 0.2) is 48.0 Å². The summed E-state index contributed by atoms with van der Waals surface area (Å²) in [5, 5.41) is 11.6. The van der Waals surface area contributed by atoms with E-state index in [1.54, 1.807) is 49.4 Å². The molecule has 1 unspecified atom stereocenters. The smallest absolute Gasteiger partial charge is 0.350 e. The summed E-state index contributed by atoms with van der Waals surface area (Å²) in [4.78, 5) is 45.4. The van der Waals surface area contributed by atoms with Crippen molar-refractivity contribution in [2.24, 2.45) is 0 Å². The van der Waals surface area contributed by atoms with Gasteiger partial charge in [-0.15, -0.1) is 0 Å². The number of aliphatic hydroxyl groups is 1. The highest BCUT2D eigenvalue weighted by Gasteiger charge is 2.48. The molecule has 1 saturated heterocycles. The third-order valence-corrected chi connectivity index (χ3v) is 7.87. The van der Waals surface area contributed by atoms with E-state index in [2.05, 4.69) is 11.9 Å². The van der Waals surface area contributed by atoms with E-state index >= 15 is 0 Å². The van der Waals surface area contributed by atoms with Crippen LogP contribution in [0.4, 0.5) is 5.13 Å². The van der Waals surface area contributed by atoms with E-state index in [4.69, 9.17) is 18.9 Å². The molecule has 2 heterocycles. The van der Waals surface area contributed by atoms with Gasteiger partial charge in [-0.3, -0.25) is 14.5 Å². The SMILES string of the molecule is CCCCCOc1ccc(C2/C(=C(\O)c3cccc(OCC)c3)C(=O)C(=O)N2c2nc(C)c(C(=O)OC)s2)cc1OC. The number of benzene rings is 2. The number of aromatic nitrogens is 1. The molecule has 1 amide bonds. The molecular weight excluding hydrogens is 560 g/mol. The minimum absolute atomic E-state index is 0.112. The van der Waals surface area contributed by atoms with E-state index in [9.17, 15) is 19.5 Å². The molecule has 2 aromatic carbocycles. The number of thiazole rings is 1. The number of ketones is 1. The van der Waals surface area contributed by atoms with Gasteiger partial charge in [0.2, 0.25) is 0 Å². The molecule has 1 aliphatic rings. The third kappa shape index (κ3) is 6.11. The predicted molar refractivity (Wildman–Crippen MR) is 159 cm³/mol. The molecule has 11 heteroatoms. The second-order valence-electron chi connectivity index (χ2n) is 9.50. The number of Topliss-reactive ketones (excluding diaryl/α,β-unsaturated/α-hetero) is 1. The van der Waals surface area contributed by atoms with Crippen molar-refractivity contribution in [2.45, 2.75) is 46.1 Å². The number of aliphatic hydroxyl groups excluding tert-OH is 1. The number of esters is 1. The number of amides is 1. The molecule has 0 saturated carbocycles. The van der Waals surface area contributed by atoms with Crippen LogP contribution in [0.5, 0.6) is 17.2 Å². The van der Waals surface area contributed by atoms with Crippen molar-refractivity contribution in [2.75, 3.05) is 32.3 Å². The number of anilines is 1. The summed E-state index contributed by atoms with van der Waals surface area (Å²) in [5.41, 5.74) is 0.986. The van der Waals surface area contributed by atoms with Crippen LogP contribution in [-0.4, -0.2) is 55.2 Å². The Bertz CT molecular complexity index is 1510. The van der Waals surface area contributed by atoms with E-state index < -0.39 is 23.7 Å². The number of hydrogen-bond donors (Lipinski definition) is 1. The van der Waals surface area contributed by atoms with Crippen molar-refractivity contribution < 1.29 is 38.4 Å². The molecule has 0 bridgehead atoms. The summed E-state index contributed by atoms with van der Waals surface area (Å²) in [6.45, 7) is 6.48. The minimum Gasteiger partial charge on any atom is -0.507 e. The Morgan fingerprint density at radius 3 is 2.52 bits per heavy atom. The molecule has 4 rings (SSSR count). The highest BCUT2D eigenvalue weighted by Crippen LogP contribution is 2.45. The Morgan fingerprint density at radius 2 is 1.83 bits per heavy atom. The lowest BCUT2D eigenvalue weighted by atomic mass is 9.95. The first-order valence-electron chi connectivity index (χ1n) is 13.7. The van der Waals surface area contributed by atoms with Gasteiger partial charge in [0.1, 0.15) is 16.4 Å². The number of hydrogen-bond acceptors (Lipinski definition) is 10. The van der Waals surface area contributed by atoms with E-state index in [0.29, 0.717) is 47.3 Å². The fraction of sp³-hybridized carbons (Fsp3) is 0.355. The van der Waals surface area contributed by atoms with Crippen LogP contribution in [0.2, 0.25) is 0 Å². The Hall–Kier alpha value is -4.38. The second-order valence-corrected chi connectivity index (χ2v) is 10.5. The van der Waals surface area contributed by atoms with Crippen LogP contribution in [0.25, 0.3) is 5.76 Å². The molecule has 222 valence electrons. The molecule has 42 heavy (non-hydrogen) atoms. The monoisotopic (exact) mass is 594 g/mol. The lowest BCUT2D eigenvalue weighted by Crippen LogP contribution is -2.29. The van der Waals surface area contributed by atoms with Gasteiger partial charge in [-0.25, -0.2) is 9.78 Å². The normalized spacial score (nSPS) is 16.0. The van der Waals surface area contributed by atoms with Crippen LogP contribution < -0.4 is 19.1 Å². The van der Waals surface area contributed by atoms with E-state index in [-0.39, 0.29) is 21.3 Å². The summed E-state index contributed by atoms with van der Waals surface area (Å²) in [6, 6.07) is 10.7. The van der Waals surface area contributed by atoms with Crippen molar-refractivity contribution in [3.63, 3.8) is 0 Å². The summed E-state index contributed by atoms with van der Waals surface area (Å²) in [7, 11) is 2.75. The molecule has 10 nitrogen and oxygen atoms in total. The fourth-order valence-electron chi connectivity index (χ4n) is 4.68. The largest absolute Gasteiger partial charge is 0.507 e. The van der Waals surface area contributed by atoms with Crippen molar-refractivity contribution in [1.29, 1.82) is 0 Å². The Morgan fingerprint density at radius 1 is 1.05 bits per heavy atom. The molecular formula is C31H34N2O8S. The highest BCUT2D eigenvalue weighted by atomic mass is 32.1. The first-order valence-corrected chi connectivity index (χ1v) is 14.5. The maximum absolute atomic E-state index is 13.6. The topological polar surface area (TPSA) is 124 Å². The summed E-state index contributed by atoms with van der Waals surface area (Å²) in [5.74, 6) is -1.37. The number of carbonyl (C=O) groups excluding carboxylic acids is 3. The molecule has 0 radical (unpaired) electrons. The van der Waals surface area contributed by atoms with Crippen molar-refractivity contribution >= 4 is 39.9 Å². The van der Waals surface area contributed by atoms with Crippen LogP contribution in [0, 0.1) is 6.92 Å². The second kappa shape index (κ2) is 13.5. The van der Waals surface area contributed by atoms with Gasteiger partial charge in [0.15, 0.2) is 16.6 Å². The molecule has 1 atom stereocenters. The summed E-state index contributed by atoms with van der Waals surface area (Å²) >= 11 is 0.928.